The molecule has 2 aromatic carbocycles. The van der Waals surface area contributed by atoms with E-state index in [0.717, 1.165) is 5.56 Å². The summed E-state index contributed by atoms with van der Waals surface area (Å²) < 4.78 is 19.5. The average Bonchev–Trinajstić information content (AvgIpc) is 2.46. The smallest absolute Gasteiger partial charge is 0.174 e. The lowest BCUT2D eigenvalue weighted by atomic mass is 10.2. The Morgan fingerprint density at radius 2 is 1.95 bits per heavy atom. The van der Waals surface area contributed by atoms with Gasteiger partial charge in [-0.05, 0) is 45.8 Å². The molecule has 2 aromatic rings. The number of nitrogens with zero attached hydrogens (tertiary/aromatic N) is 1. The van der Waals surface area contributed by atoms with E-state index in [1.165, 1.54) is 6.07 Å². The minimum absolute atomic E-state index is 0.0275. The van der Waals surface area contributed by atoms with Crippen molar-refractivity contribution >= 4 is 21.6 Å². The van der Waals surface area contributed by atoms with E-state index in [1.54, 1.807) is 24.3 Å². The zero-order valence-electron chi connectivity index (χ0n) is 10.6. The molecule has 0 bridgehead atoms. The number of ether oxygens (including phenoxy) is 1. The summed E-state index contributed by atoms with van der Waals surface area (Å²) >= 11 is 3.31. The summed E-state index contributed by atoms with van der Waals surface area (Å²) in [6.07, 6.45) is 0. The second kappa shape index (κ2) is 6.92. The average molecular weight is 335 g/mol. The molecule has 20 heavy (non-hydrogen) atoms. The number of rotatable bonds is 5. The Kier molecular flexibility index (Phi) is 4.97. The number of anilines is 1. The molecule has 0 saturated heterocycles. The molecule has 0 aromatic heterocycles. The van der Waals surface area contributed by atoms with Gasteiger partial charge < -0.3 is 10.1 Å². The lowest BCUT2D eigenvalue weighted by Gasteiger charge is -2.10. The maximum absolute atomic E-state index is 13.6. The van der Waals surface area contributed by atoms with Gasteiger partial charge in [0.15, 0.2) is 6.61 Å². The van der Waals surface area contributed by atoms with E-state index in [2.05, 4.69) is 21.2 Å². The maximum atomic E-state index is 13.6. The van der Waals surface area contributed by atoms with Crippen molar-refractivity contribution in [2.24, 2.45) is 0 Å². The highest BCUT2D eigenvalue weighted by Crippen LogP contribution is 2.25. The van der Waals surface area contributed by atoms with Gasteiger partial charge >= 0.3 is 0 Å². The molecule has 1 N–H and O–H groups in total. The summed E-state index contributed by atoms with van der Waals surface area (Å²) in [6.45, 7) is 0.526. The van der Waals surface area contributed by atoms with Crippen LogP contribution in [0.15, 0.2) is 46.9 Å². The van der Waals surface area contributed by atoms with Gasteiger partial charge in [0.1, 0.15) is 17.6 Å². The largest absolute Gasteiger partial charge is 0.479 e. The van der Waals surface area contributed by atoms with Gasteiger partial charge in [0, 0.05) is 11.0 Å². The number of nitrogens with one attached hydrogen (secondary N) is 1. The first-order valence-corrected chi connectivity index (χ1v) is 6.76. The van der Waals surface area contributed by atoms with Crippen molar-refractivity contribution in [3.63, 3.8) is 0 Å². The van der Waals surface area contributed by atoms with Crippen LogP contribution in [-0.4, -0.2) is 6.61 Å². The van der Waals surface area contributed by atoms with E-state index in [0.29, 0.717) is 22.5 Å². The maximum Gasteiger partial charge on any atom is 0.174 e. The predicted octanol–water partition coefficient (Wildman–Crippen LogP) is 4.10. The Labute approximate surface area is 125 Å². The summed E-state index contributed by atoms with van der Waals surface area (Å²) in [4.78, 5) is 0. The number of para-hydroxylation sites is 1. The van der Waals surface area contributed by atoms with E-state index in [9.17, 15) is 4.39 Å². The molecule has 0 spiro atoms. The number of benzene rings is 2. The Hall–Kier alpha value is -2.06. The Morgan fingerprint density at radius 3 is 2.60 bits per heavy atom. The van der Waals surface area contributed by atoms with Gasteiger partial charge in [-0.1, -0.05) is 18.2 Å². The second-order valence-corrected chi connectivity index (χ2v) is 4.90. The third-order valence-electron chi connectivity index (χ3n) is 2.66. The van der Waals surface area contributed by atoms with Crippen LogP contribution >= 0.6 is 15.9 Å². The molecule has 0 amide bonds. The van der Waals surface area contributed by atoms with Crippen LogP contribution in [0.2, 0.25) is 0 Å². The molecule has 0 aliphatic carbocycles. The summed E-state index contributed by atoms with van der Waals surface area (Å²) in [5.41, 5.74) is 1.43. The quantitative estimate of drug-likeness (QED) is 0.895. The predicted molar refractivity (Wildman–Crippen MR) is 79.0 cm³/mol. The van der Waals surface area contributed by atoms with Crippen LogP contribution in [-0.2, 0) is 6.54 Å². The van der Waals surface area contributed by atoms with Crippen molar-refractivity contribution in [3.8, 4) is 11.8 Å². The fraction of sp³-hybridized carbons (Fsp3) is 0.133. The van der Waals surface area contributed by atoms with Crippen LogP contribution in [0.3, 0.4) is 0 Å². The second-order valence-electron chi connectivity index (χ2n) is 4.04. The van der Waals surface area contributed by atoms with Crippen molar-refractivity contribution in [3.05, 3.63) is 58.3 Å². The Balaban J connectivity index is 1.99. The summed E-state index contributed by atoms with van der Waals surface area (Å²) in [5, 5.41) is 11.5. The van der Waals surface area contributed by atoms with Gasteiger partial charge in [-0.15, -0.1) is 0 Å². The minimum atomic E-state index is -0.298. The van der Waals surface area contributed by atoms with Gasteiger partial charge in [0.25, 0.3) is 0 Å². The number of nitriles is 1. The topological polar surface area (TPSA) is 45.0 Å². The minimum Gasteiger partial charge on any atom is -0.479 e. The highest BCUT2D eigenvalue weighted by atomic mass is 79.9. The molecule has 3 nitrogen and oxygen atoms in total. The Bertz CT molecular complexity index is 603. The molecule has 2 rings (SSSR count). The normalized spacial score (nSPS) is 9.85. The van der Waals surface area contributed by atoms with Gasteiger partial charge in [-0.2, -0.15) is 5.26 Å². The van der Waals surface area contributed by atoms with Crippen LogP contribution in [0.5, 0.6) is 5.75 Å². The standard InChI is InChI=1S/C15H12BrFN2O/c16-13-2-1-3-14(17)15(13)19-10-11-4-6-12(7-5-11)20-9-8-18/h1-7,19H,9-10H2. The molecule has 0 atom stereocenters. The van der Waals surface area contributed by atoms with Crippen LogP contribution in [0.4, 0.5) is 10.1 Å². The fourth-order valence-electron chi connectivity index (χ4n) is 1.68. The monoisotopic (exact) mass is 334 g/mol. The molecule has 0 unspecified atom stereocenters. The zero-order valence-corrected chi connectivity index (χ0v) is 12.2. The van der Waals surface area contributed by atoms with Crippen LogP contribution < -0.4 is 10.1 Å². The van der Waals surface area contributed by atoms with E-state index in [1.807, 2.05) is 18.2 Å². The molecule has 5 heteroatoms. The number of hydrogen-bond acceptors (Lipinski definition) is 3. The SMILES string of the molecule is N#CCOc1ccc(CNc2c(F)cccc2Br)cc1. The van der Waals surface area contributed by atoms with E-state index < -0.39 is 0 Å². The lowest BCUT2D eigenvalue weighted by molar-refractivity contribution is 0.368. The summed E-state index contributed by atoms with van der Waals surface area (Å²) in [7, 11) is 0. The highest BCUT2D eigenvalue weighted by molar-refractivity contribution is 9.10. The van der Waals surface area contributed by atoms with Crippen LogP contribution in [0.25, 0.3) is 0 Å². The molecule has 102 valence electrons. The third-order valence-corrected chi connectivity index (χ3v) is 3.32. The third kappa shape index (κ3) is 3.72. The molecular formula is C15H12BrFN2O. The van der Waals surface area contributed by atoms with E-state index >= 15 is 0 Å². The first-order chi connectivity index (χ1) is 9.70. The number of hydrogen-bond donors (Lipinski definition) is 1. The molecule has 0 fully saturated rings. The van der Waals surface area contributed by atoms with Crippen LogP contribution in [0.1, 0.15) is 5.56 Å². The fourth-order valence-corrected chi connectivity index (χ4v) is 2.16. The molecular weight excluding hydrogens is 323 g/mol. The van der Waals surface area contributed by atoms with Gasteiger partial charge in [0.05, 0.1) is 5.69 Å². The van der Waals surface area contributed by atoms with Crippen molar-refractivity contribution in [2.45, 2.75) is 6.54 Å². The van der Waals surface area contributed by atoms with Crippen molar-refractivity contribution in [1.29, 1.82) is 5.26 Å². The van der Waals surface area contributed by atoms with E-state index in [4.69, 9.17) is 10.00 Å². The highest BCUT2D eigenvalue weighted by Gasteiger charge is 2.05. The molecule has 0 radical (unpaired) electrons. The molecule has 0 saturated carbocycles. The van der Waals surface area contributed by atoms with Gasteiger partial charge in [-0.25, -0.2) is 4.39 Å². The first kappa shape index (κ1) is 14.4. The van der Waals surface area contributed by atoms with Crippen molar-refractivity contribution in [2.75, 3.05) is 11.9 Å². The van der Waals surface area contributed by atoms with E-state index in [-0.39, 0.29) is 12.4 Å². The first-order valence-electron chi connectivity index (χ1n) is 5.97. The Morgan fingerprint density at radius 1 is 1.20 bits per heavy atom. The molecule has 0 aliphatic heterocycles. The van der Waals surface area contributed by atoms with Gasteiger partial charge in [-0.3, -0.25) is 0 Å². The van der Waals surface area contributed by atoms with Crippen molar-refractivity contribution < 1.29 is 9.13 Å². The number of halogens is 2. The van der Waals surface area contributed by atoms with Crippen molar-refractivity contribution in [1.82, 2.24) is 0 Å². The van der Waals surface area contributed by atoms with Gasteiger partial charge in [0.2, 0.25) is 0 Å². The molecule has 0 aliphatic rings. The lowest BCUT2D eigenvalue weighted by Crippen LogP contribution is -2.02. The zero-order chi connectivity index (χ0) is 14.4. The summed E-state index contributed by atoms with van der Waals surface area (Å²) in [5.74, 6) is 0.343. The van der Waals surface area contributed by atoms with Crippen LogP contribution in [0, 0.1) is 17.1 Å². The summed E-state index contributed by atoms with van der Waals surface area (Å²) in [6, 6.07) is 14.0. The molecule has 0 heterocycles.